The summed E-state index contributed by atoms with van der Waals surface area (Å²) < 4.78 is 0. The Morgan fingerprint density at radius 2 is 1.96 bits per heavy atom. The van der Waals surface area contributed by atoms with Gasteiger partial charge in [0, 0.05) is 12.5 Å². The molecule has 0 saturated carbocycles. The molecule has 0 radical (unpaired) electrons. The predicted molar refractivity (Wildman–Crippen MR) is 90.7 cm³/mol. The molecule has 0 fully saturated rings. The molecule has 0 bridgehead atoms. The van der Waals surface area contributed by atoms with Crippen molar-refractivity contribution < 1.29 is 14.7 Å². The molecule has 1 aromatic carbocycles. The molecule has 0 aromatic heterocycles. The van der Waals surface area contributed by atoms with Crippen molar-refractivity contribution in [2.75, 3.05) is 6.54 Å². The molecule has 1 atom stereocenters. The van der Waals surface area contributed by atoms with Crippen molar-refractivity contribution >= 4 is 34.9 Å². The van der Waals surface area contributed by atoms with Gasteiger partial charge in [-0.25, -0.2) is 0 Å². The van der Waals surface area contributed by atoms with E-state index >= 15 is 0 Å². The van der Waals surface area contributed by atoms with Gasteiger partial charge in [-0.3, -0.25) is 9.59 Å². The van der Waals surface area contributed by atoms with Gasteiger partial charge in [0.15, 0.2) is 11.5 Å². The molecular formula is C17H19Cl2NO3. The summed E-state index contributed by atoms with van der Waals surface area (Å²) in [6.07, 6.45) is 0.708. The second-order valence-corrected chi connectivity index (χ2v) is 6.67. The Balaban J connectivity index is 2.58. The fourth-order valence-electron chi connectivity index (χ4n) is 2.72. The van der Waals surface area contributed by atoms with E-state index in [-0.39, 0.29) is 17.3 Å². The highest BCUT2D eigenvalue weighted by atomic mass is 35.5. The first-order valence-corrected chi connectivity index (χ1v) is 8.28. The maximum Gasteiger partial charge on any atom is 0.290 e. The second-order valence-electron chi connectivity index (χ2n) is 5.86. The number of ketones is 1. The van der Waals surface area contributed by atoms with Crippen molar-refractivity contribution in [3.05, 3.63) is 45.1 Å². The molecule has 1 amide bonds. The van der Waals surface area contributed by atoms with E-state index in [1.807, 2.05) is 6.92 Å². The van der Waals surface area contributed by atoms with Gasteiger partial charge in [0.05, 0.1) is 21.7 Å². The normalized spacial score (nSPS) is 18.3. The zero-order valence-electron chi connectivity index (χ0n) is 13.3. The van der Waals surface area contributed by atoms with Gasteiger partial charge >= 0.3 is 0 Å². The fraction of sp³-hybridized carbons (Fsp3) is 0.412. The molecule has 1 unspecified atom stereocenters. The molecule has 6 heteroatoms. The third kappa shape index (κ3) is 3.24. The number of Topliss-reactive ketones (excluding diaryl/α,β-unsaturated/α-hetero) is 1. The summed E-state index contributed by atoms with van der Waals surface area (Å²) in [7, 11) is 0. The minimum atomic E-state index is -0.632. The summed E-state index contributed by atoms with van der Waals surface area (Å²) in [6.45, 7) is 5.84. The number of carbonyl (C=O) groups is 2. The molecule has 1 aliphatic rings. The predicted octanol–water partition coefficient (Wildman–Crippen LogP) is 4.32. The first-order chi connectivity index (χ1) is 10.8. The van der Waals surface area contributed by atoms with E-state index in [2.05, 4.69) is 0 Å². The number of hydrogen-bond acceptors (Lipinski definition) is 3. The number of benzene rings is 1. The molecule has 0 spiro atoms. The Labute approximate surface area is 145 Å². The highest BCUT2D eigenvalue weighted by Crippen LogP contribution is 2.40. The Bertz CT molecular complexity index is 682. The minimum Gasteiger partial charge on any atom is -0.503 e. The third-order valence-corrected chi connectivity index (χ3v) is 4.56. The van der Waals surface area contributed by atoms with Crippen LogP contribution in [-0.2, 0) is 9.59 Å². The maximum atomic E-state index is 12.5. The third-order valence-electron chi connectivity index (χ3n) is 3.82. The van der Waals surface area contributed by atoms with E-state index in [1.54, 1.807) is 32.0 Å². The van der Waals surface area contributed by atoms with Gasteiger partial charge in [0.1, 0.15) is 0 Å². The Morgan fingerprint density at radius 1 is 1.30 bits per heavy atom. The van der Waals surface area contributed by atoms with Gasteiger partial charge in [-0.2, -0.15) is 0 Å². The molecular weight excluding hydrogens is 337 g/mol. The lowest BCUT2D eigenvalue weighted by Crippen LogP contribution is -2.32. The lowest BCUT2D eigenvalue weighted by Gasteiger charge is -2.27. The first kappa shape index (κ1) is 17.8. The van der Waals surface area contributed by atoms with Crippen molar-refractivity contribution in [3.8, 4) is 0 Å². The highest BCUT2D eigenvalue weighted by molar-refractivity contribution is 6.42. The molecule has 1 heterocycles. The number of carbonyl (C=O) groups excluding carboxylic acids is 2. The maximum absolute atomic E-state index is 12.5. The molecule has 4 nitrogen and oxygen atoms in total. The topological polar surface area (TPSA) is 57.6 Å². The molecule has 0 aliphatic carbocycles. The van der Waals surface area contributed by atoms with E-state index in [0.29, 0.717) is 28.6 Å². The van der Waals surface area contributed by atoms with Crippen LogP contribution in [0.2, 0.25) is 10.0 Å². The van der Waals surface area contributed by atoms with Crippen LogP contribution in [0.25, 0.3) is 0 Å². The number of rotatable bonds is 5. The lowest BCUT2D eigenvalue weighted by atomic mass is 9.91. The quantitative estimate of drug-likeness (QED) is 0.855. The Kier molecular flexibility index (Phi) is 5.37. The summed E-state index contributed by atoms with van der Waals surface area (Å²) >= 11 is 12.0. The molecule has 0 saturated heterocycles. The number of aliphatic hydroxyl groups excluding tert-OH is 1. The number of halogens is 2. The van der Waals surface area contributed by atoms with Crippen molar-refractivity contribution in [3.63, 3.8) is 0 Å². The van der Waals surface area contributed by atoms with Crippen molar-refractivity contribution in [2.45, 2.75) is 33.2 Å². The zero-order valence-corrected chi connectivity index (χ0v) is 14.8. The van der Waals surface area contributed by atoms with Gasteiger partial charge in [0.25, 0.3) is 5.91 Å². The number of aliphatic hydroxyl groups is 1. The highest BCUT2D eigenvalue weighted by Gasteiger charge is 2.43. The monoisotopic (exact) mass is 355 g/mol. The van der Waals surface area contributed by atoms with Crippen LogP contribution in [0, 0.1) is 5.92 Å². The molecule has 1 aliphatic heterocycles. The molecule has 124 valence electrons. The van der Waals surface area contributed by atoms with E-state index in [9.17, 15) is 14.7 Å². The second kappa shape index (κ2) is 6.93. The molecule has 1 aromatic rings. The average Bonchev–Trinajstić information content (AvgIpc) is 2.74. The van der Waals surface area contributed by atoms with Gasteiger partial charge < -0.3 is 10.0 Å². The van der Waals surface area contributed by atoms with E-state index in [4.69, 9.17) is 23.2 Å². The van der Waals surface area contributed by atoms with Crippen LogP contribution >= 0.6 is 23.2 Å². The average molecular weight is 356 g/mol. The zero-order chi connectivity index (χ0) is 17.3. The van der Waals surface area contributed by atoms with Crippen LogP contribution in [-0.4, -0.2) is 28.2 Å². The number of amides is 1. The summed E-state index contributed by atoms with van der Waals surface area (Å²) in [5, 5.41) is 11.0. The SMILES string of the molecule is CCCN1C(=O)C(O)=C(C(=O)C(C)C)C1c1ccc(Cl)c(Cl)c1. The Hall–Kier alpha value is -1.52. The van der Waals surface area contributed by atoms with Crippen LogP contribution in [0.3, 0.4) is 0 Å². The van der Waals surface area contributed by atoms with Gasteiger partial charge in [0.2, 0.25) is 0 Å². The van der Waals surface area contributed by atoms with Crippen LogP contribution in [0.4, 0.5) is 0 Å². The van der Waals surface area contributed by atoms with Crippen molar-refractivity contribution in [1.82, 2.24) is 4.90 Å². The first-order valence-electron chi connectivity index (χ1n) is 7.52. The minimum absolute atomic E-state index is 0.136. The van der Waals surface area contributed by atoms with E-state index < -0.39 is 17.7 Å². The molecule has 2 rings (SSSR count). The number of nitrogens with zero attached hydrogens (tertiary/aromatic N) is 1. The summed E-state index contributed by atoms with van der Waals surface area (Å²) in [5.74, 6) is -1.56. The smallest absolute Gasteiger partial charge is 0.290 e. The summed E-state index contributed by atoms with van der Waals surface area (Å²) in [5.41, 5.74) is 0.797. The Morgan fingerprint density at radius 3 is 2.48 bits per heavy atom. The van der Waals surface area contributed by atoms with Gasteiger partial charge in [-0.1, -0.05) is 50.0 Å². The van der Waals surface area contributed by atoms with E-state index in [0.717, 1.165) is 0 Å². The summed E-state index contributed by atoms with van der Waals surface area (Å²) in [6, 6.07) is 4.35. The lowest BCUT2D eigenvalue weighted by molar-refractivity contribution is -0.129. The van der Waals surface area contributed by atoms with Crippen LogP contribution in [0.5, 0.6) is 0 Å². The van der Waals surface area contributed by atoms with E-state index in [1.165, 1.54) is 4.90 Å². The standard InChI is InChI=1S/C17H19Cl2NO3/c1-4-7-20-14(10-5-6-11(18)12(19)8-10)13(15(21)9(2)3)16(22)17(20)23/h5-6,8-9,14,22H,4,7H2,1-3H3. The van der Waals surface area contributed by atoms with Crippen LogP contribution < -0.4 is 0 Å². The van der Waals surface area contributed by atoms with Crippen LogP contribution in [0.15, 0.2) is 29.5 Å². The fourth-order valence-corrected chi connectivity index (χ4v) is 3.02. The molecule has 1 N–H and O–H groups in total. The van der Waals surface area contributed by atoms with Gasteiger partial charge in [-0.15, -0.1) is 0 Å². The van der Waals surface area contributed by atoms with Crippen LogP contribution in [0.1, 0.15) is 38.8 Å². The van der Waals surface area contributed by atoms with Crippen molar-refractivity contribution in [2.24, 2.45) is 5.92 Å². The largest absolute Gasteiger partial charge is 0.503 e. The van der Waals surface area contributed by atoms with Gasteiger partial charge in [-0.05, 0) is 24.1 Å². The number of hydrogen-bond donors (Lipinski definition) is 1. The van der Waals surface area contributed by atoms with Crippen molar-refractivity contribution in [1.29, 1.82) is 0 Å². The summed E-state index contributed by atoms with van der Waals surface area (Å²) in [4.78, 5) is 26.4. The molecule has 23 heavy (non-hydrogen) atoms.